The zero-order valence-electron chi connectivity index (χ0n) is 20.2. The lowest BCUT2D eigenvalue weighted by atomic mass is 9.91. The molecule has 0 aliphatic heterocycles. The predicted octanol–water partition coefficient (Wildman–Crippen LogP) is 4.42. The zero-order valence-corrected chi connectivity index (χ0v) is 21.0. The molecular weight excluding hydrogens is 471 g/mol. The number of thioether (sulfide) groups is 1. The SMILES string of the molecule is CSc1cccc(-n2c(=O)n(C3CCC(NC(=O)OC(C)(C)C)CC3)c(=O)c3cc(F)cnc32)c1. The summed E-state index contributed by atoms with van der Waals surface area (Å²) in [6.07, 6.45) is 4.63. The summed E-state index contributed by atoms with van der Waals surface area (Å²) in [5, 5.41) is 2.92. The number of rotatable bonds is 4. The first-order valence-corrected chi connectivity index (χ1v) is 12.8. The van der Waals surface area contributed by atoms with Gasteiger partial charge in [0.05, 0.1) is 17.3 Å². The van der Waals surface area contributed by atoms with Crippen molar-refractivity contribution in [2.75, 3.05) is 6.26 Å². The van der Waals surface area contributed by atoms with E-state index in [2.05, 4.69) is 10.3 Å². The molecule has 8 nitrogen and oxygen atoms in total. The highest BCUT2D eigenvalue weighted by molar-refractivity contribution is 7.98. The van der Waals surface area contributed by atoms with Gasteiger partial charge in [0.2, 0.25) is 0 Å². The van der Waals surface area contributed by atoms with Crippen LogP contribution in [-0.2, 0) is 4.74 Å². The molecule has 2 heterocycles. The Hall–Kier alpha value is -3.14. The fraction of sp³-hybridized carbons (Fsp3) is 0.440. The molecule has 4 rings (SSSR count). The number of carbonyl (C=O) groups is 1. The number of halogens is 1. The predicted molar refractivity (Wildman–Crippen MR) is 134 cm³/mol. The Morgan fingerprint density at radius 3 is 2.54 bits per heavy atom. The molecule has 0 saturated heterocycles. The van der Waals surface area contributed by atoms with Gasteiger partial charge in [0.1, 0.15) is 11.4 Å². The maximum atomic E-state index is 14.1. The van der Waals surface area contributed by atoms with E-state index in [1.165, 1.54) is 20.9 Å². The number of ether oxygens (including phenoxy) is 1. The van der Waals surface area contributed by atoms with Crippen molar-refractivity contribution < 1.29 is 13.9 Å². The van der Waals surface area contributed by atoms with Crippen LogP contribution in [0.2, 0.25) is 0 Å². The van der Waals surface area contributed by atoms with Crippen LogP contribution in [0.5, 0.6) is 0 Å². The van der Waals surface area contributed by atoms with Crippen molar-refractivity contribution in [2.45, 2.75) is 69.0 Å². The number of benzene rings is 1. The molecule has 1 saturated carbocycles. The number of fused-ring (bicyclic) bond motifs is 1. The number of nitrogens with one attached hydrogen (secondary N) is 1. The second kappa shape index (κ2) is 9.85. The maximum absolute atomic E-state index is 14.1. The molecule has 3 aromatic rings. The van der Waals surface area contributed by atoms with E-state index in [0.29, 0.717) is 31.4 Å². The first-order chi connectivity index (χ1) is 16.6. The van der Waals surface area contributed by atoms with Crippen molar-refractivity contribution in [1.82, 2.24) is 19.4 Å². The summed E-state index contributed by atoms with van der Waals surface area (Å²) in [6.45, 7) is 5.40. The minimum absolute atomic E-state index is 0.0492. The largest absolute Gasteiger partial charge is 0.444 e. The molecule has 0 bridgehead atoms. The lowest BCUT2D eigenvalue weighted by Crippen LogP contribution is -2.45. The average molecular weight is 501 g/mol. The number of hydrogen-bond donors (Lipinski definition) is 1. The summed E-state index contributed by atoms with van der Waals surface area (Å²) in [5.74, 6) is -0.644. The number of aromatic nitrogens is 3. The van der Waals surface area contributed by atoms with Gasteiger partial charge in [-0.15, -0.1) is 11.8 Å². The van der Waals surface area contributed by atoms with Crippen molar-refractivity contribution in [1.29, 1.82) is 0 Å². The van der Waals surface area contributed by atoms with Gasteiger partial charge in [0.25, 0.3) is 5.56 Å². The van der Waals surface area contributed by atoms with Crippen LogP contribution in [-0.4, -0.2) is 38.1 Å². The van der Waals surface area contributed by atoms with E-state index >= 15 is 0 Å². The summed E-state index contributed by atoms with van der Waals surface area (Å²) in [4.78, 5) is 44.2. The highest BCUT2D eigenvalue weighted by atomic mass is 32.2. The molecule has 1 aromatic carbocycles. The Labute approximate surface area is 206 Å². The number of alkyl carbamates (subject to hydrolysis) is 1. The second-order valence-corrected chi connectivity index (χ2v) is 10.6. The molecule has 1 aliphatic rings. The zero-order chi connectivity index (χ0) is 25.3. The molecule has 0 unspecified atom stereocenters. The standard InChI is InChI=1S/C25H29FN4O4S/c1-25(2,3)34-23(32)28-16-8-10-17(11-9-16)30-22(31)20-12-15(26)14-27-21(20)29(24(30)33)18-6-5-7-19(13-18)35-4/h5-7,12-14,16-17H,8-11H2,1-4H3,(H,28,32). The van der Waals surface area contributed by atoms with Gasteiger partial charge in [-0.3, -0.25) is 9.36 Å². The first kappa shape index (κ1) is 25.0. The Morgan fingerprint density at radius 1 is 1.17 bits per heavy atom. The summed E-state index contributed by atoms with van der Waals surface area (Å²) in [7, 11) is 0. The third-order valence-corrected chi connectivity index (χ3v) is 6.71. The fourth-order valence-electron chi connectivity index (χ4n) is 4.44. The number of nitrogens with zero attached hydrogens (tertiary/aromatic N) is 3. The number of carbonyl (C=O) groups excluding carboxylic acids is 1. The van der Waals surface area contributed by atoms with Crippen LogP contribution in [0.25, 0.3) is 16.7 Å². The normalized spacial score (nSPS) is 18.4. The lowest BCUT2D eigenvalue weighted by molar-refractivity contribution is 0.0487. The Morgan fingerprint density at radius 2 is 1.89 bits per heavy atom. The molecular formula is C25H29FN4O4S. The van der Waals surface area contributed by atoms with Crippen LogP contribution in [0.4, 0.5) is 9.18 Å². The molecule has 186 valence electrons. The summed E-state index contributed by atoms with van der Waals surface area (Å²) in [5.41, 5.74) is -0.987. The Kier molecular flexibility index (Phi) is 7.02. The Balaban J connectivity index is 1.71. The van der Waals surface area contributed by atoms with E-state index in [1.807, 2.05) is 24.5 Å². The van der Waals surface area contributed by atoms with Gasteiger partial charge in [0.15, 0.2) is 5.65 Å². The van der Waals surface area contributed by atoms with Gasteiger partial charge in [-0.25, -0.2) is 23.5 Å². The van der Waals surface area contributed by atoms with Crippen molar-refractivity contribution >= 4 is 28.9 Å². The summed E-state index contributed by atoms with van der Waals surface area (Å²) >= 11 is 1.53. The minimum atomic E-state index is -0.644. The lowest BCUT2D eigenvalue weighted by Gasteiger charge is -2.31. The van der Waals surface area contributed by atoms with E-state index < -0.39 is 28.8 Å². The minimum Gasteiger partial charge on any atom is -0.444 e. The van der Waals surface area contributed by atoms with E-state index in [0.717, 1.165) is 17.2 Å². The van der Waals surface area contributed by atoms with E-state index in [-0.39, 0.29) is 23.1 Å². The van der Waals surface area contributed by atoms with Crippen LogP contribution in [0.15, 0.2) is 51.0 Å². The van der Waals surface area contributed by atoms with Crippen LogP contribution in [0, 0.1) is 5.82 Å². The van der Waals surface area contributed by atoms with Crippen molar-refractivity contribution in [3.05, 3.63) is 63.2 Å². The third kappa shape index (κ3) is 5.42. The van der Waals surface area contributed by atoms with Crippen molar-refractivity contribution in [2.24, 2.45) is 0 Å². The van der Waals surface area contributed by atoms with E-state index in [4.69, 9.17) is 4.74 Å². The van der Waals surface area contributed by atoms with Gasteiger partial charge in [-0.05, 0) is 77.0 Å². The summed E-state index contributed by atoms with van der Waals surface area (Å²) in [6, 6.07) is 7.99. The fourth-order valence-corrected chi connectivity index (χ4v) is 4.89. The molecule has 0 spiro atoms. The molecule has 1 amide bonds. The summed E-state index contributed by atoms with van der Waals surface area (Å²) < 4.78 is 22.0. The van der Waals surface area contributed by atoms with Crippen LogP contribution < -0.4 is 16.6 Å². The molecule has 35 heavy (non-hydrogen) atoms. The third-order valence-electron chi connectivity index (χ3n) is 5.99. The quantitative estimate of drug-likeness (QED) is 0.533. The number of hydrogen-bond acceptors (Lipinski definition) is 6. The maximum Gasteiger partial charge on any atom is 0.407 e. The van der Waals surface area contributed by atoms with Gasteiger partial charge in [-0.1, -0.05) is 6.07 Å². The second-order valence-electron chi connectivity index (χ2n) is 9.67. The van der Waals surface area contributed by atoms with Gasteiger partial charge in [0, 0.05) is 17.0 Å². The van der Waals surface area contributed by atoms with Crippen LogP contribution in [0.1, 0.15) is 52.5 Å². The van der Waals surface area contributed by atoms with E-state index in [9.17, 15) is 18.8 Å². The highest BCUT2D eigenvalue weighted by Crippen LogP contribution is 2.28. The molecule has 0 radical (unpaired) electrons. The number of pyridine rings is 1. The topological polar surface area (TPSA) is 95.2 Å². The van der Waals surface area contributed by atoms with Crippen molar-refractivity contribution in [3.8, 4) is 5.69 Å². The monoisotopic (exact) mass is 500 g/mol. The molecule has 1 N–H and O–H groups in total. The Bertz CT molecular complexity index is 1370. The smallest absolute Gasteiger partial charge is 0.407 e. The molecule has 0 atom stereocenters. The van der Waals surface area contributed by atoms with Crippen LogP contribution >= 0.6 is 11.8 Å². The molecule has 1 aliphatic carbocycles. The molecule has 10 heteroatoms. The van der Waals surface area contributed by atoms with Gasteiger partial charge >= 0.3 is 11.8 Å². The van der Waals surface area contributed by atoms with Gasteiger partial charge in [-0.2, -0.15) is 0 Å². The van der Waals surface area contributed by atoms with Crippen molar-refractivity contribution in [3.63, 3.8) is 0 Å². The molecule has 1 fully saturated rings. The highest BCUT2D eigenvalue weighted by Gasteiger charge is 2.29. The van der Waals surface area contributed by atoms with Crippen LogP contribution in [0.3, 0.4) is 0 Å². The average Bonchev–Trinajstić information content (AvgIpc) is 2.79. The van der Waals surface area contributed by atoms with Gasteiger partial charge < -0.3 is 10.1 Å². The molecule has 2 aromatic heterocycles. The van der Waals surface area contributed by atoms with E-state index in [1.54, 1.807) is 26.8 Å². The number of amides is 1. The first-order valence-electron chi connectivity index (χ1n) is 11.5.